The van der Waals surface area contributed by atoms with Gasteiger partial charge in [0.2, 0.25) is 0 Å². The minimum atomic E-state index is 0.529. The van der Waals surface area contributed by atoms with Crippen molar-refractivity contribution >= 4 is 34.7 Å². The van der Waals surface area contributed by atoms with Crippen molar-refractivity contribution in [1.29, 1.82) is 0 Å². The molecule has 0 atom stereocenters. The monoisotopic (exact) mass is 342 g/mol. The van der Waals surface area contributed by atoms with Crippen molar-refractivity contribution < 1.29 is 4.74 Å². The largest absolute Gasteiger partial charge is 0.488 e. The Labute approximate surface area is 143 Å². The maximum Gasteiger partial charge on any atom is 0.131 e. The molecule has 0 saturated carbocycles. The second-order valence-electron chi connectivity index (χ2n) is 5.24. The molecule has 1 aliphatic heterocycles. The van der Waals surface area contributed by atoms with Crippen molar-refractivity contribution in [3.8, 4) is 17.0 Å². The van der Waals surface area contributed by atoms with Gasteiger partial charge >= 0.3 is 0 Å². The highest BCUT2D eigenvalue weighted by atomic mass is 35.5. The number of halogens is 2. The number of fused-ring (bicyclic) bond motifs is 3. The molecular weight excluding hydrogens is 331 g/mol. The van der Waals surface area contributed by atoms with Crippen LogP contribution in [0.25, 0.3) is 11.3 Å². The highest BCUT2D eigenvalue weighted by molar-refractivity contribution is 6.36. The van der Waals surface area contributed by atoms with Crippen molar-refractivity contribution in [3.05, 3.63) is 70.2 Å². The SMILES string of the molecule is Clc1ccc(Nc2ccc3c(n2)-c2ccccc2OC3)c(Cl)c1. The first-order chi connectivity index (χ1) is 11.2. The van der Waals surface area contributed by atoms with Gasteiger partial charge in [-0.3, -0.25) is 0 Å². The van der Waals surface area contributed by atoms with E-state index in [1.54, 1.807) is 12.1 Å². The fraction of sp³-hybridized carbons (Fsp3) is 0.0556. The lowest BCUT2D eigenvalue weighted by atomic mass is 10.0. The summed E-state index contributed by atoms with van der Waals surface area (Å²) in [7, 11) is 0. The average Bonchev–Trinajstić information content (AvgIpc) is 2.57. The molecule has 23 heavy (non-hydrogen) atoms. The molecule has 0 spiro atoms. The minimum absolute atomic E-state index is 0.529. The number of nitrogens with one attached hydrogen (secondary N) is 1. The molecule has 114 valence electrons. The van der Waals surface area contributed by atoms with Crippen molar-refractivity contribution in [2.24, 2.45) is 0 Å². The Bertz CT molecular complexity index is 896. The Kier molecular flexibility index (Phi) is 3.60. The van der Waals surface area contributed by atoms with Gasteiger partial charge in [-0.15, -0.1) is 0 Å². The van der Waals surface area contributed by atoms with Gasteiger partial charge in [0.1, 0.15) is 18.2 Å². The van der Waals surface area contributed by atoms with Crippen LogP contribution in [0, 0.1) is 0 Å². The number of anilines is 2. The number of nitrogens with zero attached hydrogens (tertiary/aromatic N) is 1. The van der Waals surface area contributed by atoms with Crippen LogP contribution in [0.1, 0.15) is 5.56 Å². The lowest BCUT2D eigenvalue weighted by Gasteiger charge is -2.20. The van der Waals surface area contributed by atoms with Crippen molar-refractivity contribution in [2.75, 3.05) is 5.32 Å². The van der Waals surface area contributed by atoms with Crippen LogP contribution in [-0.2, 0) is 6.61 Å². The number of aromatic nitrogens is 1. The molecule has 0 radical (unpaired) electrons. The third-order valence-corrected chi connectivity index (χ3v) is 4.25. The molecule has 1 aliphatic rings. The number of hydrogen-bond acceptors (Lipinski definition) is 3. The van der Waals surface area contributed by atoms with E-state index in [2.05, 4.69) is 5.32 Å². The lowest BCUT2D eigenvalue weighted by molar-refractivity contribution is 0.301. The smallest absolute Gasteiger partial charge is 0.131 e. The zero-order valence-electron chi connectivity index (χ0n) is 12.0. The molecule has 4 rings (SSSR count). The second kappa shape index (κ2) is 5.76. The van der Waals surface area contributed by atoms with E-state index in [-0.39, 0.29) is 0 Å². The number of benzene rings is 2. The molecule has 5 heteroatoms. The summed E-state index contributed by atoms with van der Waals surface area (Å²) in [5.74, 6) is 1.58. The van der Waals surface area contributed by atoms with Gasteiger partial charge in [-0.05, 0) is 42.5 Å². The van der Waals surface area contributed by atoms with E-state index in [1.807, 2.05) is 42.5 Å². The maximum absolute atomic E-state index is 6.21. The molecule has 2 heterocycles. The first kappa shape index (κ1) is 14.4. The first-order valence-electron chi connectivity index (χ1n) is 7.15. The summed E-state index contributed by atoms with van der Waals surface area (Å²) in [5, 5.41) is 4.40. The van der Waals surface area contributed by atoms with Crippen LogP contribution < -0.4 is 10.1 Å². The summed E-state index contributed by atoms with van der Waals surface area (Å²) in [5.41, 5.74) is 3.77. The molecule has 1 N–H and O–H groups in total. The van der Waals surface area contributed by atoms with Gasteiger partial charge in [-0.2, -0.15) is 0 Å². The minimum Gasteiger partial charge on any atom is -0.488 e. The van der Waals surface area contributed by atoms with Gasteiger partial charge in [0.15, 0.2) is 0 Å². The zero-order chi connectivity index (χ0) is 15.8. The van der Waals surface area contributed by atoms with Gasteiger partial charge in [0.25, 0.3) is 0 Å². The van der Waals surface area contributed by atoms with Crippen LogP contribution >= 0.6 is 23.2 Å². The van der Waals surface area contributed by atoms with Gasteiger partial charge in [-0.25, -0.2) is 4.98 Å². The zero-order valence-corrected chi connectivity index (χ0v) is 13.5. The molecule has 0 bridgehead atoms. The first-order valence-corrected chi connectivity index (χ1v) is 7.90. The van der Waals surface area contributed by atoms with Crippen LogP contribution in [0.5, 0.6) is 5.75 Å². The molecule has 1 aromatic heterocycles. The van der Waals surface area contributed by atoms with Gasteiger partial charge in [0.05, 0.1) is 16.4 Å². The predicted molar refractivity (Wildman–Crippen MR) is 93.7 cm³/mol. The average molecular weight is 343 g/mol. The van der Waals surface area contributed by atoms with Gasteiger partial charge in [0, 0.05) is 16.1 Å². The summed E-state index contributed by atoms with van der Waals surface area (Å²) in [6.07, 6.45) is 0. The molecule has 2 aromatic carbocycles. The van der Waals surface area contributed by atoms with Crippen LogP contribution in [0.4, 0.5) is 11.5 Å². The Hall–Kier alpha value is -2.23. The number of para-hydroxylation sites is 1. The molecule has 0 unspecified atom stereocenters. The predicted octanol–water partition coefficient (Wildman–Crippen LogP) is 5.69. The normalized spacial score (nSPS) is 12.1. The summed E-state index contributed by atoms with van der Waals surface area (Å²) in [6, 6.07) is 17.2. The molecule has 0 fully saturated rings. The summed E-state index contributed by atoms with van der Waals surface area (Å²) in [6.45, 7) is 0.529. The third-order valence-electron chi connectivity index (χ3n) is 3.70. The summed E-state index contributed by atoms with van der Waals surface area (Å²) < 4.78 is 5.74. The fourth-order valence-electron chi connectivity index (χ4n) is 2.58. The van der Waals surface area contributed by atoms with E-state index < -0.39 is 0 Å². The molecule has 0 aliphatic carbocycles. The molecular formula is C18H12Cl2N2O. The topological polar surface area (TPSA) is 34.2 Å². The maximum atomic E-state index is 6.21. The standard InChI is InChI=1S/C18H12Cl2N2O/c19-12-6-7-15(14(20)9-12)21-17-8-5-11-10-23-16-4-2-1-3-13(16)18(11)22-17/h1-9H,10H2,(H,21,22). The number of ether oxygens (including phenoxy) is 1. The summed E-state index contributed by atoms with van der Waals surface area (Å²) in [4.78, 5) is 4.73. The fourth-order valence-corrected chi connectivity index (χ4v) is 3.04. The molecule has 3 nitrogen and oxygen atoms in total. The van der Waals surface area contributed by atoms with E-state index in [0.717, 1.165) is 34.1 Å². The van der Waals surface area contributed by atoms with Crippen molar-refractivity contribution in [2.45, 2.75) is 6.61 Å². The van der Waals surface area contributed by atoms with E-state index in [1.165, 1.54) is 0 Å². The van der Waals surface area contributed by atoms with E-state index in [0.29, 0.717) is 16.7 Å². The molecule has 0 amide bonds. The van der Waals surface area contributed by atoms with E-state index in [4.69, 9.17) is 32.9 Å². The molecule has 3 aromatic rings. The molecule has 0 saturated heterocycles. The Morgan fingerprint density at radius 3 is 2.74 bits per heavy atom. The number of hydrogen-bond donors (Lipinski definition) is 1. The Balaban J connectivity index is 1.73. The van der Waals surface area contributed by atoms with Crippen LogP contribution in [0.15, 0.2) is 54.6 Å². The van der Waals surface area contributed by atoms with Crippen LogP contribution in [0.2, 0.25) is 10.0 Å². The van der Waals surface area contributed by atoms with E-state index in [9.17, 15) is 0 Å². The third kappa shape index (κ3) is 2.74. The lowest BCUT2D eigenvalue weighted by Crippen LogP contribution is -2.08. The highest BCUT2D eigenvalue weighted by Gasteiger charge is 2.18. The number of pyridine rings is 1. The van der Waals surface area contributed by atoms with Crippen molar-refractivity contribution in [3.63, 3.8) is 0 Å². The number of rotatable bonds is 2. The van der Waals surface area contributed by atoms with Gasteiger partial charge < -0.3 is 10.1 Å². The Morgan fingerprint density at radius 2 is 1.87 bits per heavy atom. The van der Waals surface area contributed by atoms with Crippen LogP contribution in [0.3, 0.4) is 0 Å². The van der Waals surface area contributed by atoms with E-state index >= 15 is 0 Å². The quantitative estimate of drug-likeness (QED) is 0.649. The van der Waals surface area contributed by atoms with Crippen LogP contribution in [-0.4, -0.2) is 4.98 Å². The Morgan fingerprint density at radius 1 is 1.00 bits per heavy atom. The van der Waals surface area contributed by atoms with Gasteiger partial charge in [-0.1, -0.05) is 35.3 Å². The summed E-state index contributed by atoms with van der Waals surface area (Å²) >= 11 is 12.1. The highest BCUT2D eigenvalue weighted by Crippen LogP contribution is 2.37. The van der Waals surface area contributed by atoms with Crippen molar-refractivity contribution in [1.82, 2.24) is 4.98 Å². The second-order valence-corrected chi connectivity index (χ2v) is 6.08.